The summed E-state index contributed by atoms with van der Waals surface area (Å²) in [5.41, 5.74) is -0.603. The third-order valence-electron chi connectivity index (χ3n) is 4.12. The second-order valence-electron chi connectivity index (χ2n) is 6.13. The number of carbonyl (C=O) groups excluding carboxylic acids is 1. The Hall–Kier alpha value is -2.18. The molecule has 2 rings (SSSR count). The summed E-state index contributed by atoms with van der Waals surface area (Å²) in [7, 11) is 0. The van der Waals surface area contributed by atoms with E-state index in [-0.39, 0.29) is 30.2 Å². The molecule has 1 amide bonds. The van der Waals surface area contributed by atoms with Crippen molar-refractivity contribution in [2.24, 2.45) is 5.92 Å². The van der Waals surface area contributed by atoms with E-state index in [1.165, 1.54) is 0 Å². The molecule has 1 fully saturated rings. The lowest BCUT2D eigenvalue weighted by molar-refractivity contribution is -0.385. The van der Waals surface area contributed by atoms with Crippen LogP contribution in [-0.4, -0.2) is 32.4 Å². The van der Waals surface area contributed by atoms with E-state index in [4.69, 9.17) is 0 Å². The minimum Gasteiger partial charge on any atom is -0.335 e. The lowest BCUT2D eigenvalue weighted by Gasteiger charge is -2.32. The molecule has 0 bridgehead atoms. The summed E-state index contributed by atoms with van der Waals surface area (Å²) in [4.78, 5) is 36.4. The molecule has 1 saturated carbocycles. The monoisotopic (exact) mass is 307 g/mol. The van der Waals surface area contributed by atoms with E-state index in [2.05, 4.69) is 0 Å². The average molecular weight is 307 g/mol. The van der Waals surface area contributed by atoms with Gasteiger partial charge in [0.25, 0.3) is 11.2 Å². The highest BCUT2D eigenvalue weighted by molar-refractivity contribution is 5.77. The summed E-state index contributed by atoms with van der Waals surface area (Å²) in [6, 6.07) is 2.59. The van der Waals surface area contributed by atoms with Gasteiger partial charge in [-0.1, -0.05) is 13.8 Å². The Bertz CT molecular complexity index is 634. The second-order valence-corrected chi connectivity index (χ2v) is 6.13. The summed E-state index contributed by atoms with van der Waals surface area (Å²) < 4.78 is 1.11. The van der Waals surface area contributed by atoms with Crippen LogP contribution in [0.4, 0.5) is 5.69 Å². The predicted octanol–water partition coefficient (Wildman–Crippen LogP) is 1.79. The fourth-order valence-electron chi connectivity index (χ4n) is 2.41. The maximum atomic E-state index is 12.6. The first-order valence-corrected chi connectivity index (χ1v) is 7.47. The Morgan fingerprint density at radius 2 is 2.05 bits per heavy atom. The first kappa shape index (κ1) is 16.2. The van der Waals surface area contributed by atoms with Crippen LogP contribution in [0.15, 0.2) is 23.1 Å². The highest BCUT2D eigenvalue weighted by Gasteiger charge is 2.36. The number of hydrogen-bond donors (Lipinski definition) is 0. The van der Waals surface area contributed by atoms with Crippen molar-refractivity contribution < 1.29 is 9.72 Å². The van der Waals surface area contributed by atoms with Gasteiger partial charge >= 0.3 is 0 Å². The van der Waals surface area contributed by atoms with Crippen LogP contribution in [-0.2, 0) is 11.3 Å². The van der Waals surface area contributed by atoms with Gasteiger partial charge in [-0.05, 0) is 25.7 Å². The van der Waals surface area contributed by atoms with Crippen molar-refractivity contribution in [3.05, 3.63) is 38.8 Å². The molecule has 1 aliphatic carbocycles. The number of carbonyl (C=O) groups is 1. The molecule has 120 valence electrons. The van der Waals surface area contributed by atoms with Crippen molar-refractivity contribution in [1.82, 2.24) is 9.47 Å². The Morgan fingerprint density at radius 1 is 1.41 bits per heavy atom. The fourth-order valence-corrected chi connectivity index (χ4v) is 2.41. The summed E-state index contributed by atoms with van der Waals surface area (Å²) in [5.74, 6) is 0.151. The molecule has 0 radical (unpaired) electrons. The summed E-state index contributed by atoms with van der Waals surface area (Å²) >= 11 is 0. The number of pyridine rings is 1. The van der Waals surface area contributed by atoms with Crippen molar-refractivity contribution in [3.8, 4) is 0 Å². The minimum atomic E-state index is -0.574. The number of aromatic nitrogens is 1. The van der Waals surface area contributed by atoms with E-state index in [9.17, 15) is 19.7 Å². The molecule has 22 heavy (non-hydrogen) atoms. The Balaban J connectivity index is 2.21. The number of hydrogen-bond acceptors (Lipinski definition) is 4. The van der Waals surface area contributed by atoms with E-state index in [1.54, 1.807) is 0 Å². The molecule has 0 aliphatic heterocycles. The topological polar surface area (TPSA) is 85.4 Å². The van der Waals surface area contributed by atoms with Crippen molar-refractivity contribution in [2.45, 2.75) is 52.2 Å². The largest absolute Gasteiger partial charge is 0.335 e. The molecule has 1 aliphatic rings. The quantitative estimate of drug-likeness (QED) is 0.592. The normalized spacial score (nSPS) is 15.6. The molecule has 1 heterocycles. The highest BCUT2D eigenvalue weighted by atomic mass is 16.6. The third kappa shape index (κ3) is 3.52. The number of amides is 1. The molecule has 0 N–H and O–H groups in total. The Labute approximate surface area is 128 Å². The zero-order chi connectivity index (χ0) is 16.4. The molecule has 1 atom stereocenters. The SMILES string of the molecule is CC(C)C(C)N(C(=O)Cn1cc([N+](=O)[O-])ccc1=O)C1CC1. The van der Waals surface area contributed by atoms with Crippen LogP contribution in [0.1, 0.15) is 33.6 Å². The molecule has 1 unspecified atom stereocenters. The second kappa shape index (κ2) is 6.29. The standard InChI is InChI=1S/C15H21N3O4/c1-10(2)11(3)17(12-4-5-12)15(20)9-16-8-13(18(21)22)6-7-14(16)19/h6-8,10-12H,4-5,9H2,1-3H3. The maximum Gasteiger partial charge on any atom is 0.285 e. The van der Waals surface area contributed by atoms with Crippen molar-refractivity contribution >= 4 is 11.6 Å². The number of nitro groups is 1. The van der Waals surface area contributed by atoms with Crippen molar-refractivity contribution in [2.75, 3.05) is 0 Å². The van der Waals surface area contributed by atoms with Gasteiger partial charge in [-0.2, -0.15) is 0 Å². The van der Waals surface area contributed by atoms with Crippen LogP contribution in [0.5, 0.6) is 0 Å². The van der Waals surface area contributed by atoms with Crippen LogP contribution >= 0.6 is 0 Å². The van der Waals surface area contributed by atoms with Crippen LogP contribution in [0, 0.1) is 16.0 Å². The van der Waals surface area contributed by atoms with Crippen molar-refractivity contribution in [1.29, 1.82) is 0 Å². The summed E-state index contributed by atoms with van der Waals surface area (Å²) in [5, 5.41) is 10.8. The number of nitrogens with zero attached hydrogens (tertiary/aromatic N) is 3. The van der Waals surface area contributed by atoms with Gasteiger partial charge in [0.05, 0.1) is 11.1 Å². The average Bonchev–Trinajstić information content (AvgIpc) is 3.25. The molecule has 0 saturated heterocycles. The third-order valence-corrected chi connectivity index (χ3v) is 4.12. The lowest BCUT2D eigenvalue weighted by Crippen LogP contribution is -2.45. The van der Waals surface area contributed by atoms with Crippen LogP contribution in [0.25, 0.3) is 0 Å². The first-order chi connectivity index (χ1) is 10.3. The van der Waals surface area contributed by atoms with Gasteiger partial charge in [-0.15, -0.1) is 0 Å². The van der Waals surface area contributed by atoms with E-state index in [1.807, 2.05) is 25.7 Å². The molecule has 0 spiro atoms. The van der Waals surface area contributed by atoms with Crippen LogP contribution < -0.4 is 5.56 Å². The molecule has 1 aromatic heterocycles. The summed E-state index contributed by atoms with van der Waals surface area (Å²) in [6.07, 6.45) is 3.09. The summed E-state index contributed by atoms with van der Waals surface area (Å²) in [6.45, 7) is 5.94. The smallest absolute Gasteiger partial charge is 0.285 e. The van der Waals surface area contributed by atoms with Gasteiger partial charge in [0.1, 0.15) is 6.54 Å². The molecular weight excluding hydrogens is 286 g/mol. The molecule has 7 heteroatoms. The van der Waals surface area contributed by atoms with E-state index in [0.29, 0.717) is 5.92 Å². The first-order valence-electron chi connectivity index (χ1n) is 7.47. The Morgan fingerprint density at radius 3 is 2.55 bits per heavy atom. The molecule has 1 aromatic rings. The van der Waals surface area contributed by atoms with Gasteiger partial charge in [-0.3, -0.25) is 24.3 Å². The van der Waals surface area contributed by atoms with Gasteiger partial charge in [0.15, 0.2) is 0 Å². The molecule has 7 nitrogen and oxygen atoms in total. The van der Waals surface area contributed by atoms with Crippen molar-refractivity contribution in [3.63, 3.8) is 0 Å². The molecule has 0 aromatic carbocycles. The lowest BCUT2D eigenvalue weighted by atomic mass is 10.0. The Kier molecular flexibility index (Phi) is 4.63. The maximum absolute atomic E-state index is 12.6. The number of rotatable bonds is 6. The molecular formula is C15H21N3O4. The van der Waals surface area contributed by atoms with E-state index < -0.39 is 10.5 Å². The van der Waals surface area contributed by atoms with Gasteiger partial charge in [-0.25, -0.2) is 0 Å². The van der Waals surface area contributed by atoms with Gasteiger partial charge < -0.3 is 4.90 Å². The van der Waals surface area contributed by atoms with E-state index >= 15 is 0 Å². The fraction of sp³-hybridized carbons (Fsp3) is 0.600. The van der Waals surface area contributed by atoms with Gasteiger partial charge in [0, 0.05) is 24.2 Å². The zero-order valence-corrected chi connectivity index (χ0v) is 13.1. The van der Waals surface area contributed by atoms with Gasteiger partial charge in [0.2, 0.25) is 5.91 Å². The zero-order valence-electron chi connectivity index (χ0n) is 13.1. The predicted molar refractivity (Wildman–Crippen MR) is 81.5 cm³/mol. The van der Waals surface area contributed by atoms with E-state index in [0.717, 1.165) is 35.7 Å². The van der Waals surface area contributed by atoms with Crippen LogP contribution in [0.2, 0.25) is 0 Å². The minimum absolute atomic E-state index is 0.0781. The highest BCUT2D eigenvalue weighted by Crippen LogP contribution is 2.30. The van der Waals surface area contributed by atoms with Crippen LogP contribution in [0.3, 0.4) is 0 Å².